The number of carboxylic acid groups (broad SMARTS) is 1. The minimum absolute atomic E-state index is 0.107. The summed E-state index contributed by atoms with van der Waals surface area (Å²) in [4.78, 5) is 23.5. The Bertz CT molecular complexity index is 540. The van der Waals surface area contributed by atoms with E-state index in [1.807, 2.05) is 0 Å². The number of ether oxygens (including phenoxy) is 1. The van der Waals surface area contributed by atoms with E-state index in [1.165, 1.54) is 6.07 Å². The van der Waals surface area contributed by atoms with Crippen LogP contribution in [-0.2, 0) is 4.74 Å². The van der Waals surface area contributed by atoms with E-state index in [-0.39, 0.29) is 17.2 Å². The number of benzene rings is 1. The van der Waals surface area contributed by atoms with E-state index < -0.39 is 17.8 Å². The normalized spacial score (nSPS) is 12.2. The van der Waals surface area contributed by atoms with Gasteiger partial charge in [0.15, 0.2) is 0 Å². The molecule has 0 aliphatic rings. The van der Waals surface area contributed by atoms with Crippen molar-refractivity contribution >= 4 is 11.9 Å². The summed E-state index contributed by atoms with van der Waals surface area (Å²) in [6.45, 7) is 6.26. The van der Waals surface area contributed by atoms with Gasteiger partial charge in [-0.1, -0.05) is 33.6 Å². The van der Waals surface area contributed by atoms with Gasteiger partial charge in [-0.25, -0.2) is 14.0 Å². The molecule has 0 aromatic heterocycles. The molecule has 1 unspecified atom stereocenters. The molecular formula is C18H25FO4. The molecule has 0 radical (unpaired) electrons. The van der Waals surface area contributed by atoms with Crippen LogP contribution in [0.2, 0.25) is 0 Å². The lowest BCUT2D eigenvalue weighted by Gasteiger charge is -2.19. The van der Waals surface area contributed by atoms with E-state index in [0.717, 1.165) is 44.2 Å². The number of aromatic carboxylic acids is 1. The Morgan fingerprint density at radius 2 is 1.87 bits per heavy atom. The molecule has 0 heterocycles. The Balaban J connectivity index is 2.87. The fourth-order valence-electron chi connectivity index (χ4n) is 2.30. The highest BCUT2D eigenvalue weighted by Gasteiger charge is 2.22. The summed E-state index contributed by atoms with van der Waals surface area (Å²) in [5, 5.41) is 9.12. The first kappa shape index (κ1) is 19.1. The summed E-state index contributed by atoms with van der Waals surface area (Å²) in [6, 6.07) is 3.08. The van der Waals surface area contributed by atoms with Gasteiger partial charge in [0.05, 0.1) is 11.1 Å². The summed E-state index contributed by atoms with van der Waals surface area (Å²) in [6.07, 6.45) is 4.11. The number of carbonyl (C=O) groups excluding carboxylic acids is 1. The monoisotopic (exact) mass is 324 g/mol. The first-order valence-electron chi connectivity index (χ1n) is 8.09. The molecule has 0 fully saturated rings. The van der Waals surface area contributed by atoms with Crippen LogP contribution >= 0.6 is 0 Å². The lowest BCUT2D eigenvalue weighted by molar-refractivity contribution is 0.0238. The van der Waals surface area contributed by atoms with Crippen LogP contribution in [0.5, 0.6) is 0 Å². The second-order valence-corrected chi connectivity index (χ2v) is 6.14. The van der Waals surface area contributed by atoms with Crippen molar-refractivity contribution in [1.82, 2.24) is 0 Å². The van der Waals surface area contributed by atoms with Gasteiger partial charge in [0, 0.05) is 0 Å². The number of rotatable bonds is 9. The standard InChI is InChI=1S/C18H25FO4/c1-4-5-6-14(9-7-12(2)3)23-18(22)15-10-8-13(19)11-16(15)17(20)21/h8,10-12,14H,4-7,9H2,1-3H3,(H,20,21). The van der Waals surface area contributed by atoms with Crippen molar-refractivity contribution in [3.63, 3.8) is 0 Å². The molecule has 4 nitrogen and oxygen atoms in total. The van der Waals surface area contributed by atoms with E-state index in [0.29, 0.717) is 5.92 Å². The maximum Gasteiger partial charge on any atom is 0.339 e. The Kier molecular flexibility index (Phi) is 7.72. The Morgan fingerprint density at radius 1 is 1.17 bits per heavy atom. The van der Waals surface area contributed by atoms with Crippen LogP contribution in [0.4, 0.5) is 4.39 Å². The largest absolute Gasteiger partial charge is 0.478 e. The van der Waals surface area contributed by atoms with Crippen LogP contribution in [0.1, 0.15) is 73.6 Å². The van der Waals surface area contributed by atoms with Gasteiger partial charge < -0.3 is 9.84 Å². The molecule has 1 aromatic rings. The van der Waals surface area contributed by atoms with Crippen molar-refractivity contribution in [2.75, 3.05) is 0 Å². The molecule has 0 amide bonds. The topological polar surface area (TPSA) is 63.6 Å². The number of carboxylic acids is 1. The third kappa shape index (κ3) is 6.38. The third-order valence-electron chi connectivity index (χ3n) is 3.65. The number of esters is 1. The molecule has 0 saturated heterocycles. The first-order chi connectivity index (χ1) is 10.8. The van der Waals surface area contributed by atoms with Crippen molar-refractivity contribution in [2.45, 2.75) is 59.0 Å². The van der Waals surface area contributed by atoms with Crippen molar-refractivity contribution in [3.05, 3.63) is 35.1 Å². The lowest BCUT2D eigenvalue weighted by Crippen LogP contribution is -2.21. The SMILES string of the molecule is CCCCC(CCC(C)C)OC(=O)c1ccc(F)cc1C(=O)O. The van der Waals surface area contributed by atoms with Gasteiger partial charge in [-0.3, -0.25) is 0 Å². The van der Waals surface area contributed by atoms with Crippen LogP contribution < -0.4 is 0 Å². The Morgan fingerprint density at radius 3 is 2.43 bits per heavy atom. The van der Waals surface area contributed by atoms with E-state index in [4.69, 9.17) is 9.84 Å². The van der Waals surface area contributed by atoms with E-state index in [1.54, 1.807) is 0 Å². The maximum atomic E-state index is 13.2. The van der Waals surface area contributed by atoms with Crippen molar-refractivity contribution in [3.8, 4) is 0 Å². The minimum atomic E-state index is -1.34. The van der Waals surface area contributed by atoms with Gasteiger partial charge in [-0.2, -0.15) is 0 Å². The van der Waals surface area contributed by atoms with Gasteiger partial charge in [0.2, 0.25) is 0 Å². The minimum Gasteiger partial charge on any atom is -0.478 e. The number of hydrogen-bond acceptors (Lipinski definition) is 3. The van der Waals surface area contributed by atoms with Crippen LogP contribution in [0, 0.1) is 11.7 Å². The highest BCUT2D eigenvalue weighted by Crippen LogP contribution is 2.19. The molecule has 1 atom stereocenters. The van der Waals surface area contributed by atoms with Crippen molar-refractivity contribution < 1.29 is 23.8 Å². The third-order valence-corrected chi connectivity index (χ3v) is 3.65. The lowest BCUT2D eigenvalue weighted by atomic mass is 10.0. The molecule has 0 aliphatic carbocycles. The highest BCUT2D eigenvalue weighted by atomic mass is 19.1. The number of unbranched alkanes of at least 4 members (excludes halogenated alkanes) is 1. The zero-order valence-electron chi connectivity index (χ0n) is 14.0. The highest BCUT2D eigenvalue weighted by molar-refractivity contribution is 6.02. The first-order valence-corrected chi connectivity index (χ1v) is 8.09. The summed E-state index contributed by atoms with van der Waals surface area (Å²) in [7, 11) is 0. The van der Waals surface area contributed by atoms with Gasteiger partial charge in [-0.15, -0.1) is 0 Å². The number of hydrogen-bond donors (Lipinski definition) is 1. The van der Waals surface area contributed by atoms with Gasteiger partial charge >= 0.3 is 11.9 Å². The zero-order chi connectivity index (χ0) is 17.4. The average Bonchev–Trinajstić information content (AvgIpc) is 2.49. The fraction of sp³-hybridized carbons (Fsp3) is 0.556. The molecule has 1 N–H and O–H groups in total. The van der Waals surface area contributed by atoms with E-state index in [2.05, 4.69) is 20.8 Å². The Hall–Kier alpha value is -1.91. The van der Waals surface area contributed by atoms with Crippen LogP contribution in [-0.4, -0.2) is 23.1 Å². The molecule has 0 aliphatic heterocycles. The van der Waals surface area contributed by atoms with Gasteiger partial charge in [0.1, 0.15) is 11.9 Å². The molecular weight excluding hydrogens is 299 g/mol. The molecule has 0 saturated carbocycles. The molecule has 1 aromatic carbocycles. The smallest absolute Gasteiger partial charge is 0.339 e. The van der Waals surface area contributed by atoms with Crippen molar-refractivity contribution in [2.24, 2.45) is 5.92 Å². The summed E-state index contributed by atoms with van der Waals surface area (Å²) >= 11 is 0. The molecule has 0 spiro atoms. The summed E-state index contributed by atoms with van der Waals surface area (Å²) < 4.78 is 18.7. The molecule has 23 heavy (non-hydrogen) atoms. The van der Waals surface area contributed by atoms with E-state index >= 15 is 0 Å². The second kappa shape index (κ2) is 9.28. The predicted molar refractivity (Wildman–Crippen MR) is 86.2 cm³/mol. The van der Waals surface area contributed by atoms with Crippen molar-refractivity contribution in [1.29, 1.82) is 0 Å². The fourth-order valence-corrected chi connectivity index (χ4v) is 2.30. The molecule has 0 bridgehead atoms. The van der Waals surface area contributed by atoms with Gasteiger partial charge in [-0.05, 0) is 43.4 Å². The Labute approximate surface area is 136 Å². The van der Waals surface area contributed by atoms with Gasteiger partial charge in [0.25, 0.3) is 0 Å². The summed E-state index contributed by atoms with van der Waals surface area (Å²) in [5.74, 6) is -2.24. The van der Waals surface area contributed by atoms with Crippen LogP contribution in [0.15, 0.2) is 18.2 Å². The number of carbonyl (C=O) groups is 2. The average molecular weight is 324 g/mol. The maximum absolute atomic E-state index is 13.2. The van der Waals surface area contributed by atoms with Crippen LogP contribution in [0.25, 0.3) is 0 Å². The second-order valence-electron chi connectivity index (χ2n) is 6.14. The van der Waals surface area contributed by atoms with E-state index in [9.17, 15) is 14.0 Å². The summed E-state index contributed by atoms with van der Waals surface area (Å²) in [5.41, 5.74) is -0.474. The quantitative estimate of drug-likeness (QED) is 0.670. The molecule has 1 rings (SSSR count). The molecule has 5 heteroatoms. The zero-order valence-corrected chi connectivity index (χ0v) is 14.0. The number of halogens is 1. The van der Waals surface area contributed by atoms with Crippen LogP contribution in [0.3, 0.4) is 0 Å². The predicted octanol–water partition coefficient (Wildman–Crippen LogP) is 4.68. The molecule has 128 valence electrons.